The van der Waals surface area contributed by atoms with Gasteiger partial charge in [-0.25, -0.2) is 4.98 Å². The van der Waals surface area contributed by atoms with E-state index in [1.807, 2.05) is 36.1 Å². The van der Waals surface area contributed by atoms with Crippen LogP contribution in [-0.4, -0.2) is 27.3 Å². The van der Waals surface area contributed by atoms with Gasteiger partial charge in [-0.15, -0.1) is 0 Å². The molecule has 1 N–H and O–H groups in total. The van der Waals surface area contributed by atoms with Gasteiger partial charge in [0.1, 0.15) is 5.82 Å². The van der Waals surface area contributed by atoms with Crippen LogP contribution in [0.3, 0.4) is 0 Å². The van der Waals surface area contributed by atoms with Crippen molar-refractivity contribution in [2.75, 3.05) is 6.54 Å². The molecule has 1 atom stereocenters. The number of hydrogen-bond donors (Lipinski definition) is 1. The monoisotopic (exact) mass is 311 g/mol. The Hall–Kier alpha value is -2.43. The molecule has 0 radical (unpaired) electrons. The van der Waals surface area contributed by atoms with E-state index in [0.29, 0.717) is 24.5 Å². The summed E-state index contributed by atoms with van der Waals surface area (Å²) in [5.41, 5.74) is 2.71. The maximum absolute atomic E-state index is 12.7. The fourth-order valence-corrected chi connectivity index (χ4v) is 3.09. The van der Waals surface area contributed by atoms with Crippen LogP contribution in [0.2, 0.25) is 0 Å². The molecule has 0 spiro atoms. The summed E-state index contributed by atoms with van der Waals surface area (Å²) in [6.07, 6.45) is 2.15. The van der Waals surface area contributed by atoms with Gasteiger partial charge in [-0.1, -0.05) is 29.8 Å². The number of carbonyl (C=O) groups is 1. The Kier molecular flexibility index (Phi) is 4.28. The molecule has 1 aromatic heterocycles. The molecule has 1 aromatic carbocycles. The molecular weight excluding hydrogens is 290 g/mol. The molecule has 0 aliphatic carbocycles. The lowest BCUT2D eigenvalue weighted by Crippen LogP contribution is -2.33. The van der Waals surface area contributed by atoms with Crippen molar-refractivity contribution in [3.05, 3.63) is 63.3 Å². The number of rotatable bonds is 3. The van der Waals surface area contributed by atoms with E-state index in [1.165, 1.54) is 11.6 Å². The molecule has 5 nitrogen and oxygen atoms in total. The zero-order valence-electron chi connectivity index (χ0n) is 13.5. The van der Waals surface area contributed by atoms with Gasteiger partial charge in [0.15, 0.2) is 0 Å². The number of aromatic nitrogens is 2. The second kappa shape index (κ2) is 6.36. The molecule has 0 unspecified atom stereocenters. The number of H-pyrrole nitrogens is 1. The first-order valence-electron chi connectivity index (χ1n) is 7.96. The third-order valence-electron chi connectivity index (χ3n) is 4.25. The number of aryl methyl sites for hydroxylation is 2. The summed E-state index contributed by atoms with van der Waals surface area (Å²) in [5, 5.41) is 0. The van der Waals surface area contributed by atoms with E-state index in [-0.39, 0.29) is 17.5 Å². The Morgan fingerprint density at radius 2 is 2.04 bits per heavy atom. The molecular formula is C18H21N3O2. The Morgan fingerprint density at radius 1 is 1.30 bits per heavy atom. The molecule has 2 heterocycles. The van der Waals surface area contributed by atoms with Crippen LogP contribution in [0.15, 0.2) is 35.1 Å². The maximum Gasteiger partial charge on any atom is 0.251 e. The van der Waals surface area contributed by atoms with Crippen LogP contribution >= 0.6 is 0 Å². The van der Waals surface area contributed by atoms with Crippen molar-refractivity contribution in [2.24, 2.45) is 0 Å². The average Bonchev–Trinajstić information content (AvgIpc) is 2.98. The van der Waals surface area contributed by atoms with Crippen LogP contribution in [0.5, 0.6) is 0 Å². The molecule has 0 saturated carbocycles. The van der Waals surface area contributed by atoms with Gasteiger partial charge in [0.2, 0.25) is 5.91 Å². The molecule has 23 heavy (non-hydrogen) atoms. The minimum absolute atomic E-state index is 0.0838. The summed E-state index contributed by atoms with van der Waals surface area (Å²) >= 11 is 0. The fraction of sp³-hybridized carbons (Fsp3) is 0.389. The second-order valence-electron chi connectivity index (χ2n) is 6.18. The maximum atomic E-state index is 12.7. The highest BCUT2D eigenvalue weighted by Gasteiger charge is 2.31. The standard InChI is InChI=1S/C18H21N3O2/c1-12-5-7-14(8-6-12)11-17(23)21-9-3-4-15(21)18-19-13(2)10-16(22)20-18/h5-8,10,15H,3-4,9,11H2,1-2H3,(H,19,20,22)/t15-/m0/s1. The largest absolute Gasteiger partial charge is 0.332 e. The van der Waals surface area contributed by atoms with Gasteiger partial charge in [0.05, 0.1) is 12.5 Å². The number of benzene rings is 1. The number of aromatic amines is 1. The van der Waals surface area contributed by atoms with Gasteiger partial charge in [-0.2, -0.15) is 0 Å². The van der Waals surface area contributed by atoms with E-state index in [2.05, 4.69) is 9.97 Å². The molecule has 1 aliphatic rings. The number of carbonyl (C=O) groups excluding carboxylic acids is 1. The zero-order valence-corrected chi connectivity index (χ0v) is 13.5. The topological polar surface area (TPSA) is 66.1 Å². The smallest absolute Gasteiger partial charge is 0.251 e. The van der Waals surface area contributed by atoms with Gasteiger partial charge in [-0.05, 0) is 32.3 Å². The van der Waals surface area contributed by atoms with Crippen LogP contribution in [0, 0.1) is 13.8 Å². The summed E-state index contributed by atoms with van der Waals surface area (Å²) in [5.74, 6) is 0.685. The lowest BCUT2D eigenvalue weighted by atomic mass is 10.1. The van der Waals surface area contributed by atoms with E-state index in [1.54, 1.807) is 6.92 Å². The molecule has 120 valence electrons. The molecule has 1 amide bonds. The second-order valence-corrected chi connectivity index (χ2v) is 6.18. The first-order chi connectivity index (χ1) is 11.0. The molecule has 1 fully saturated rings. The van der Waals surface area contributed by atoms with Gasteiger partial charge in [0.25, 0.3) is 5.56 Å². The molecule has 2 aromatic rings. The zero-order chi connectivity index (χ0) is 16.4. The minimum Gasteiger partial charge on any atom is -0.332 e. The van der Waals surface area contributed by atoms with Crippen molar-refractivity contribution in [3.63, 3.8) is 0 Å². The lowest BCUT2D eigenvalue weighted by Gasteiger charge is -2.24. The average molecular weight is 311 g/mol. The summed E-state index contributed by atoms with van der Waals surface area (Å²) < 4.78 is 0. The minimum atomic E-state index is -0.162. The van der Waals surface area contributed by atoms with E-state index in [0.717, 1.165) is 18.4 Å². The number of nitrogens with zero attached hydrogens (tertiary/aromatic N) is 2. The number of nitrogens with one attached hydrogen (secondary N) is 1. The van der Waals surface area contributed by atoms with Crippen molar-refractivity contribution >= 4 is 5.91 Å². The Balaban J connectivity index is 1.79. The van der Waals surface area contributed by atoms with Crippen molar-refractivity contribution in [3.8, 4) is 0 Å². The van der Waals surface area contributed by atoms with Crippen molar-refractivity contribution in [2.45, 2.75) is 39.2 Å². The van der Waals surface area contributed by atoms with Gasteiger partial charge < -0.3 is 9.88 Å². The lowest BCUT2D eigenvalue weighted by molar-refractivity contribution is -0.131. The molecule has 5 heteroatoms. The number of likely N-dealkylation sites (tertiary alicyclic amines) is 1. The van der Waals surface area contributed by atoms with Crippen LogP contribution in [0.25, 0.3) is 0 Å². The summed E-state index contributed by atoms with van der Waals surface area (Å²) in [7, 11) is 0. The quantitative estimate of drug-likeness (QED) is 0.946. The van der Waals surface area contributed by atoms with Crippen molar-refractivity contribution < 1.29 is 4.79 Å². The highest BCUT2D eigenvalue weighted by molar-refractivity contribution is 5.79. The van der Waals surface area contributed by atoms with Gasteiger partial charge in [0, 0.05) is 18.3 Å². The highest BCUT2D eigenvalue weighted by atomic mass is 16.2. The Bertz CT molecular complexity index is 765. The third-order valence-corrected chi connectivity index (χ3v) is 4.25. The normalized spacial score (nSPS) is 17.5. The summed E-state index contributed by atoms with van der Waals surface area (Å²) in [6, 6.07) is 9.36. The summed E-state index contributed by atoms with van der Waals surface area (Å²) in [6.45, 7) is 4.54. The van der Waals surface area contributed by atoms with Gasteiger partial charge >= 0.3 is 0 Å². The molecule has 1 saturated heterocycles. The number of amides is 1. The van der Waals surface area contributed by atoms with E-state index in [9.17, 15) is 9.59 Å². The van der Waals surface area contributed by atoms with E-state index in [4.69, 9.17) is 0 Å². The number of hydrogen-bond acceptors (Lipinski definition) is 3. The Labute approximate surface area is 135 Å². The first kappa shape index (κ1) is 15.5. The first-order valence-corrected chi connectivity index (χ1v) is 7.96. The van der Waals surface area contributed by atoms with E-state index < -0.39 is 0 Å². The van der Waals surface area contributed by atoms with Crippen LogP contribution in [0.1, 0.15) is 41.5 Å². The predicted molar refractivity (Wildman–Crippen MR) is 88.2 cm³/mol. The SMILES string of the molecule is Cc1ccc(CC(=O)N2CCC[C@H]2c2nc(C)cc(=O)[nH]2)cc1. The molecule has 3 rings (SSSR count). The fourth-order valence-electron chi connectivity index (χ4n) is 3.09. The van der Waals surface area contributed by atoms with Crippen molar-refractivity contribution in [1.29, 1.82) is 0 Å². The highest BCUT2D eigenvalue weighted by Crippen LogP contribution is 2.30. The molecule has 1 aliphatic heterocycles. The molecule has 0 bridgehead atoms. The van der Waals surface area contributed by atoms with Crippen LogP contribution in [-0.2, 0) is 11.2 Å². The van der Waals surface area contributed by atoms with Crippen LogP contribution in [0.4, 0.5) is 0 Å². The van der Waals surface area contributed by atoms with E-state index >= 15 is 0 Å². The Morgan fingerprint density at radius 3 is 2.74 bits per heavy atom. The van der Waals surface area contributed by atoms with Crippen molar-refractivity contribution in [1.82, 2.24) is 14.9 Å². The predicted octanol–water partition coefficient (Wildman–Crippen LogP) is 2.29. The summed E-state index contributed by atoms with van der Waals surface area (Å²) in [4.78, 5) is 33.4. The van der Waals surface area contributed by atoms with Gasteiger partial charge in [-0.3, -0.25) is 9.59 Å². The van der Waals surface area contributed by atoms with Crippen LogP contribution < -0.4 is 5.56 Å². The third kappa shape index (κ3) is 3.50.